The Labute approximate surface area is 84.8 Å². The van der Waals surface area contributed by atoms with Crippen molar-refractivity contribution < 1.29 is 29.9 Å². The van der Waals surface area contributed by atoms with Crippen LogP contribution in [0.4, 0.5) is 0 Å². The molecule has 0 saturated carbocycles. The molecule has 0 fully saturated rings. The predicted molar refractivity (Wildman–Crippen MR) is 42.7 cm³/mol. The molecule has 0 aromatic carbocycles. The first-order valence-corrected chi connectivity index (χ1v) is 4.76. The van der Waals surface area contributed by atoms with Crippen LogP contribution < -0.4 is 0 Å². The van der Waals surface area contributed by atoms with Crippen LogP contribution >= 0.6 is 10.2 Å². The number of nitrogens with zero attached hydrogens (tertiary/aromatic N) is 1. The topological polar surface area (TPSA) is 63.9 Å². The number of rotatable bonds is 3. The molecule has 0 spiro atoms. The van der Waals surface area contributed by atoms with E-state index in [-0.39, 0.29) is 0 Å². The molecule has 0 aliphatic rings. The molecule has 12 heavy (non-hydrogen) atoms. The third-order valence-electron chi connectivity index (χ3n) is 1.29. The van der Waals surface area contributed by atoms with Gasteiger partial charge in [-0.15, -0.1) is 0 Å². The van der Waals surface area contributed by atoms with Crippen molar-refractivity contribution in [3.8, 4) is 0 Å². The van der Waals surface area contributed by atoms with E-state index in [1.165, 1.54) is 25.7 Å². The van der Waals surface area contributed by atoms with E-state index in [2.05, 4.69) is 24.8 Å². The molecule has 6 heteroatoms. The molecule has 3 N–H and O–H groups in total. The standard InChI is InChI=1S/C6H15NO3.ClH.Ni/c1-4(8)7(5(2)9)6(3)10;;/h4-6,8-10H,1-3H3;1H;/q;;+1/p-1. The van der Waals surface area contributed by atoms with Gasteiger partial charge < -0.3 is 15.3 Å². The molecule has 0 aliphatic carbocycles. The van der Waals surface area contributed by atoms with E-state index in [1.807, 2.05) is 0 Å². The molecule has 0 aromatic rings. The Morgan fingerprint density at radius 3 is 1.08 bits per heavy atom. The zero-order valence-corrected chi connectivity index (χ0v) is 8.96. The van der Waals surface area contributed by atoms with Gasteiger partial charge in [0.15, 0.2) is 0 Å². The number of hydrogen-bond acceptors (Lipinski definition) is 4. The molecular formula is C6H15ClNNiO3. The summed E-state index contributed by atoms with van der Waals surface area (Å²) in [6.07, 6.45) is -2.50. The Morgan fingerprint density at radius 1 is 0.917 bits per heavy atom. The number of aliphatic hydroxyl groups is 3. The monoisotopic (exact) mass is 242 g/mol. The minimum atomic E-state index is -0.833. The minimum absolute atomic E-state index is 0.833. The van der Waals surface area contributed by atoms with Gasteiger partial charge >= 0.3 is 24.8 Å². The third-order valence-corrected chi connectivity index (χ3v) is 1.29. The quantitative estimate of drug-likeness (QED) is 0.482. The summed E-state index contributed by atoms with van der Waals surface area (Å²) in [5.74, 6) is 0. The molecule has 4 nitrogen and oxygen atoms in total. The van der Waals surface area contributed by atoms with E-state index in [1.54, 1.807) is 0 Å². The molecule has 0 saturated heterocycles. The number of aliphatic hydroxyl groups excluding tert-OH is 3. The van der Waals surface area contributed by atoms with E-state index < -0.39 is 18.7 Å². The van der Waals surface area contributed by atoms with Crippen molar-refractivity contribution in [2.24, 2.45) is 0 Å². The van der Waals surface area contributed by atoms with Crippen LogP contribution in [0.2, 0.25) is 0 Å². The van der Waals surface area contributed by atoms with Crippen LogP contribution in [-0.2, 0) is 14.6 Å². The summed E-state index contributed by atoms with van der Waals surface area (Å²) in [4.78, 5) is 1.17. The van der Waals surface area contributed by atoms with Gasteiger partial charge in [-0.3, -0.25) is 0 Å². The predicted octanol–water partition coefficient (Wildman–Crippen LogP) is -0.00970. The first-order valence-electron chi connectivity index (χ1n) is 3.40. The first-order chi connectivity index (χ1) is 5.46. The second-order valence-corrected chi connectivity index (χ2v) is 2.34. The fraction of sp³-hybridized carbons (Fsp3) is 1.00. The summed E-state index contributed by atoms with van der Waals surface area (Å²) < 4.78 is 0. The van der Waals surface area contributed by atoms with Gasteiger partial charge in [-0.2, -0.15) is 0 Å². The summed E-state index contributed by atoms with van der Waals surface area (Å²) in [5, 5.41) is 26.9. The maximum absolute atomic E-state index is 8.96. The van der Waals surface area contributed by atoms with Crippen molar-refractivity contribution in [3.05, 3.63) is 0 Å². The molecule has 0 aromatic heterocycles. The molecule has 0 amide bonds. The van der Waals surface area contributed by atoms with Gasteiger partial charge in [0, 0.05) is 0 Å². The van der Waals surface area contributed by atoms with Gasteiger partial charge in [-0.1, -0.05) is 0 Å². The Kier molecular flexibility index (Phi) is 10.4. The summed E-state index contributed by atoms with van der Waals surface area (Å²) in [5.41, 5.74) is 0. The number of halogens is 1. The second kappa shape index (κ2) is 8.23. The van der Waals surface area contributed by atoms with Crippen LogP contribution in [0.1, 0.15) is 20.8 Å². The van der Waals surface area contributed by atoms with Gasteiger partial charge in [-0.25, -0.2) is 4.90 Å². The van der Waals surface area contributed by atoms with Gasteiger partial charge in [0.05, 0.1) is 0 Å². The van der Waals surface area contributed by atoms with Crippen molar-refractivity contribution in [1.29, 1.82) is 0 Å². The molecule has 79 valence electrons. The maximum atomic E-state index is 8.96. The molecule has 0 heterocycles. The average Bonchev–Trinajstić information content (AvgIpc) is 1.88. The van der Waals surface area contributed by atoms with Crippen molar-refractivity contribution in [2.45, 2.75) is 39.5 Å². The van der Waals surface area contributed by atoms with Gasteiger partial charge in [0.2, 0.25) is 0 Å². The van der Waals surface area contributed by atoms with Crippen molar-refractivity contribution in [1.82, 2.24) is 4.90 Å². The Morgan fingerprint density at radius 2 is 1.08 bits per heavy atom. The molecule has 3 unspecified atom stereocenters. The van der Waals surface area contributed by atoms with Crippen molar-refractivity contribution in [2.75, 3.05) is 0 Å². The zero-order valence-electron chi connectivity index (χ0n) is 7.22. The molecule has 0 aliphatic heterocycles. The summed E-state index contributed by atoms with van der Waals surface area (Å²) in [6, 6.07) is 0. The van der Waals surface area contributed by atoms with Gasteiger partial charge in [0.25, 0.3) is 0 Å². The fourth-order valence-electron chi connectivity index (χ4n) is 0.937. The SMILES string of the molecule is CC(O)N(C(C)O)C(C)O.[Cl][Ni]. The molecule has 0 bridgehead atoms. The zero-order chi connectivity index (χ0) is 10.3. The van der Waals surface area contributed by atoms with E-state index in [0.717, 1.165) is 0 Å². The summed E-state index contributed by atoms with van der Waals surface area (Å²) in [7, 11) is 4.26. The fourth-order valence-corrected chi connectivity index (χ4v) is 0.937. The Bertz CT molecular complexity index is 83.8. The summed E-state index contributed by atoms with van der Waals surface area (Å²) in [6.45, 7) is 4.46. The van der Waals surface area contributed by atoms with Crippen LogP contribution in [0.3, 0.4) is 0 Å². The van der Waals surface area contributed by atoms with Crippen LogP contribution in [0.5, 0.6) is 0 Å². The Hall–Kier alpha value is 0.624. The van der Waals surface area contributed by atoms with Gasteiger partial charge in [-0.05, 0) is 20.8 Å². The second-order valence-electron chi connectivity index (χ2n) is 2.34. The average molecular weight is 243 g/mol. The molecule has 0 radical (unpaired) electrons. The van der Waals surface area contributed by atoms with Crippen molar-refractivity contribution in [3.63, 3.8) is 0 Å². The summed E-state index contributed by atoms with van der Waals surface area (Å²) >= 11 is 3.35. The van der Waals surface area contributed by atoms with Crippen LogP contribution in [0, 0.1) is 0 Å². The molecule has 0 rings (SSSR count). The van der Waals surface area contributed by atoms with E-state index >= 15 is 0 Å². The van der Waals surface area contributed by atoms with Crippen LogP contribution in [-0.4, -0.2) is 38.9 Å². The van der Waals surface area contributed by atoms with Gasteiger partial charge in [0.1, 0.15) is 18.7 Å². The van der Waals surface area contributed by atoms with E-state index in [0.29, 0.717) is 0 Å². The Balaban J connectivity index is 0. The molecular weight excluding hydrogens is 228 g/mol. The van der Waals surface area contributed by atoms with E-state index in [4.69, 9.17) is 15.3 Å². The third kappa shape index (κ3) is 6.17. The normalized spacial score (nSPS) is 17.8. The first kappa shape index (κ1) is 15.1. The van der Waals surface area contributed by atoms with Crippen LogP contribution in [0.15, 0.2) is 0 Å². The van der Waals surface area contributed by atoms with E-state index in [9.17, 15) is 0 Å². The van der Waals surface area contributed by atoms with Crippen LogP contribution in [0.25, 0.3) is 0 Å². The number of hydrogen-bond donors (Lipinski definition) is 3. The van der Waals surface area contributed by atoms with Crippen molar-refractivity contribution >= 4 is 10.2 Å². The molecule has 3 atom stereocenters.